The average molecular weight is 405 g/mol. The number of nitrogens with zero attached hydrogens (tertiary/aromatic N) is 2. The molecule has 0 aliphatic carbocycles. The highest BCUT2D eigenvalue weighted by Gasteiger charge is 2.31. The Morgan fingerprint density at radius 1 is 1.26 bits per heavy atom. The van der Waals surface area contributed by atoms with Crippen LogP contribution in [0.4, 0.5) is 0 Å². The van der Waals surface area contributed by atoms with E-state index in [4.69, 9.17) is 16.3 Å². The Balaban J connectivity index is 1.43. The van der Waals surface area contributed by atoms with Crippen molar-refractivity contribution < 1.29 is 4.74 Å². The molecule has 4 rings (SSSR count). The van der Waals surface area contributed by atoms with Crippen molar-refractivity contribution in [1.82, 2.24) is 9.88 Å². The number of aryl methyl sites for hydroxylation is 1. The minimum atomic E-state index is 0.482. The van der Waals surface area contributed by atoms with Gasteiger partial charge in [-0.1, -0.05) is 38.4 Å². The van der Waals surface area contributed by atoms with E-state index < -0.39 is 0 Å². The Hall–Kier alpha value is -0.940. The van der Waals surface area contributed by atoms with Gasteiger partial charge in [0.05, 0.1) is 19.3 Å². The predicted molar refractivity (Wildman–Crippen MR) is 113 cm³/mol. The van der Waals surface area contributed by atoms with Crippen LogP contribution in [0.15, 0.2) is 17.5 Å². The Morgan fingerprint density at radius 2 is 2.07 bits per heavy atom. The van der Waals surface area contributed by atoms with Gasteiger partial charge >= 0.3 is 0 Å². The van der Waals surface area contributed by atoms with Crippen LogP contribution in [0.3, 0.4) is 0 Å². The molecule has 1 unspecified atom stereocenters. The van der Waals surface area contributed by atoms with Crippen LogP contribution in [0.1, 0.15) is 66.3 Å². The van der Waals surface area contributed by atoms with Gasteiger partial charge in [-0.3, -0.25) is 4.90 Å². The summed E-state index contributed by atoms with van der Waals surface area (Å²) in [5.41, 5.74) is 5.68. The normalized spacial score (nSPS) is 19.1. The fourth-order valence-electron chi connectivity index (χ4n) is 4.25. The maximum Gasteiger partial charge on any atom is 0.129 e. The number of fused-ring (bicyclic) bond motifs is 1. The third-order valence-corrected chi connectivity index (χ3v) is 7.33. The molecule has 0 aromatic carbocycles. The maximum atomic E-state index is 6.16. The maximum absolute atomic E-state index is 6.16. The molecule has 2 aromatic rings. The van der Waals surface area contributed by atoms with E-state index in [0.717, 1.165) is 32.6 Å². The zero-order valence-electron chi connectivity index (χ0n) is 16.5. The van der Waals surface area contributed by atoms with Crippen LogP contribution in [0, 0.1) is 0 Å². The standard InChI is InChI=1S/C22H29ClN2OS/c1-14(2)17-5-7-22(23)24-20(17)6-4-15(3)19-13-27-21-10-25(9-8-18(19)21)16-11-26-12-16/h5,7,13-16H,4,6,8-12H2,1-3H3. The van der Waals surface area contributed by atoms with Gasteiger partial charge in [0.15, 0.2) is 0 Å². The smallest absolute Gasteiger partial charge is 0.129 e. The molecule has 0 bridgehead atoms. The van der Waals surface area contributed by atoms with Gasteiger partial charge in [-0.2, -0.15) is 0 Å². The summed E-state index contributed by atoms with van der Waals surface area (Å²) in [6, 6.07) is 4.70. The second-order valence-electron chi connectivity index (χ2n) is 8.27. The van der Waals surface area contributed by atoms with E-state index in [0.29, 0.717) is 23.0 Å². The number of hydrogen-bond donors (Lipinski definition) is 0. The molecule has 1 saturated heterocycles. The monoisotopic (exact) mass is 404 g/mol. The summed E-state index contributed by atoms with van der Waals surface area (Å²) >= 11 is 8.11. The molecule has 2 aromatic heterocycles. The highest BCUT2D eigenvalue weighted by molar-refractivity contribution is 7.10. The largest absolute Gasteiger partial charge is 0.378 e. The number of hydrogen-bond acceptors (Lipinski definition) is 4. The lowest BCUT2D eigenvalue weighted by molar-refractivity contribution is -0.0691. The summed E-state index contributed by atoms with van der Waals surface area (Å²) in [6.07, 6.45) is 3.30. The molecule has 0 amide bonds. The molecule has 2 aliphatic rings. The van der Waals surface area contributed by atoms with E-state index in [1.807, 2.05) is 17.4 Å². The average Bonchev–Trinajstić information content (AvgIpc) is 3.01. The van der Waals surface area contributed by atoms with Crippen LogP contribution < -0.4 is 0 Å². The van der Waals surface area contributed by atoms with Crippen LogP contribution in [0.2, 0.25) is 5.15 Å². The minimum Gasteiger partial charge on any atom is -0.378 e. The lowest BCUT2D eigenvalue weighted by Crippen LogP contribution is -2.50. The molecule has 0 radical (unpaired) electrons. The van der Waals surface area contributed by atoms with E-state index in [1.54, 1.807) is 16.0 Å². The molecule has 0 N–H and O–H groups in total. The first kappa shape index (κ1) is 19.4. The molecule has 27 heavy (non-hydrogen) atoms. The molecule has 1 atom stereocenters. The van der Waals surface area contributed by atoms with Crippen molar-refractivity contribution in [3.63, 3.8) is 0 Å². The van der Waals surface area contributed by atoms with Gasteiger partial charge in [-0.05, 0) is 59.2 Å². The fourth-order valence-corrected chi connectivity index (χ4v) is 5.66. The van der Waals surface area contributed by atoms with Gasteiger partial charge in [-0.25, -0.2) is 4.98 Å². The topological polar surface area (TPSA) is 25.4 Å². The highest BCUT2D eigenvalue weighted by atomic mass is 35.5. The summed E-state index contributed by atoms with van der Waals surface area (Å²) in [4.78, 5) is 8.80. The summed E-state index contributed by atoms with van der Waals surface area (Å²) in [7, 11) is 0. The van der Waals surface area contributed by atoms with Crippen LogP contribution in [-0.2, 0) is 24.1 Å². The molecular formula is C22H29ClN2OS. The summed E-state index contributed by atoms with van der Waals surface area (Å²) in [5, 5.41) is 3.01. The molecule has 0 spiro atoms. The Labute approximate surface area is 171 Å². The molecule has 1 fully saturated rings. The molecule has 146 valence electrons. The van der Waals surface area contributed by atoms with Gasteiger partial charge in [0.1, 0.15) is 5.15 Å². The van der Waals surface area contributed by atoms with Crippen molar-refractivity contribution in [2.24, 2.45) is 0 Å². The summed E-state index contributed by atoms with van der Waals surface area (Å²) < 4.78 is 5.37. The first-order valence-corrected chi connectivity index (χ1v) is 11.3. The minimum absolute atomic E-state index is 0.482. The van der Waals surface area contributed by atoms with Crippen LogP contribution in [0.25, 0.3) is 0 Å². The van der Waals surface area contributed by atoms with E-state index in [1.165, 1.54) is 24.2 Å². The summed E-state index contributed by atoms with van der Waals surface area (Å²) in [5.74, 6) is 1.04. The lowest BCUT2D eigenvalue weighted by atomic mass is 9.89. The van der Waals surface area contributed by atoms with Crippen LogP contribution >= 0.6 is 22.9 Å². The van der Waals surface area contributed by atoms with E-state index in [-0.39, 0.29) is 0 Å². The van der Waals surface area contributed by atoms with Gasteiger partial charge in [-0.15, -0.1) is 11.3 Å². The first-order valence-electron chi connectivity index (χ1n) is 10.1. The van der Waals surface area contributed by atoms with Gasteiger partial charge in [0, 0.05) is 23.7 Å². The van der Waals surface area contributed by atoms with E-state index in [2.05, 4.69) is 42.1 Å². The van der Waals surface area contributed by atoms with Crippen molar-refractivity contribution in [2.75, 3.05) is 19.8 Å². The highest BCUT2D eigenvalue weighted by Crippen LogP contribution is 2.36. The number of aromatic nitrogens is 1. The fraction of sp³-hybridized carbons (Fsp3) is 0.591. The molecule has 0 saturated carbocycles. The zero-order chi connectivity index (χ0) is 19.0. The third kappa shape index (κ3) is 4.09. The molecule has 3 nitrogen and oxygen atoms in total. The van der Waals surface area contributed by atoms with Crippen molar-refractivity contribution in [3.05, 3.63) is 49.9 Å². The Morgan fingerprint density at radius 3 is 2.78 bits per heavy atom. The van der Waals surface area contributed by atoms with Crippen molar-refractivity contribution >= 4 is 22.9 Å². The number of rotatable bonds is 6. The van der Waals surface area contributed by atoms with Crippen LogP contribution in [0.5, 0.6) is 0 Å². The van der Waals surface area contributed by atoms with Gasteiger partial charge in [0.25, 0.3) is 0 Å². The number of thiophene rings is 1. The van der Waals surface area contributed by atoms with Crippen LogP contribution in [-0.4, -0.2) is 35.7 Å². The second kappa shape index (κ2) is 8.20. The molecule has 5 heteroatoms. The first-order chi connectivity index (χ1) is 13.0. The number of pyridine rings is 1. The Bertz CT molecular complexity index is 800. The number of halogens is 1. The SMILES string of the molecule is CC(C)c1ccc(Cl)nc1CCC(C)c1csc2c1CCN(C1COC1)C2. The molecular weight excluding hydrogens is 376 g/mol. The van der Waals surface area contributed by atoms with Gasteiger partial charge < -0.3 is 4.74 Å². The van der Waals surface area contributed by atoms with Gasteiger partial charge in [0.2, 0.25) is 0 Å². The predicted octanol–water partition coefficient (Wildman–Crippen LogP) is 5.41. The molecule has 4 heterocycles. The second-order valence-corrected chi connectivity index (χ2v) is 9.62. The lowest BCUT2D eigenvalue weighted by Gasteiger charge is -2.39. The number of ether oxygens (including phenoxy) is 1. The van der Waals surface area contributed by atoms with E-state index in [9.17, 15) is 0 Å². The van der Waals surface area contributed by atoms with Crippen molar-refractivity contribution in [1.29, 1.82) is 0 Å². The zero-order valence-corrected chi connectivity index (χ0v) is 18.1. The Kier molecular flexibility index (Phi) is 5.89. The quantitative estimate of drug-likeness (QED) is 0.601. The summed E-state index contributed by atoms with van der Waals surface area (Å²) in [6.45, 7) is 10.9. The third-order valence-electron chi connectivity index (χ3n) is 6.09. The molecule has 2 aliphatic heterocycles. The van der Waals surface area contributed by atoms with Crippen molar-refractivity contribution in [3.8, 4) is 0 Å². The van der Waals surface area contributed by atoms with Crippen molar-refractivity contribution in [2.45, 2.75) is 64.5 Å². The van der Waals surface area contributed by atoms with E-state index >= 15 is 0 Å².